The number of hydrogen-bond donors (Lipinski definition) is 3. The molecule has 5 N–H and O–H groups in total. The van der Waals surface area contributed by atoms with Crippen molar-refractivity contribution >= 4 is 40.7 Å². The monoisotopic (exact) mass is 263 g/mol. The number of hydrogen-bond acceptors (Lipinski definition) is 4. The fourth-order valence-corrected chi connectivity index (χ4v) is 1.73. The lowest BCUT2D eigenvalue weighted by Crippen LogP contribution is -2.18. The lowest BCUT2D eigenvalue weighted by Gasteiger charge is -2.10. The van der Waals surface area contributed by atoms with E-state index in [1.54, 1.807) is 12.1 Å². The summed E-state index contributed by atoms with van der Waals surface area (Å²) >= 11 is 11.8. The molecule has 0 saturated heterocycles. The van der Waals surface area contributed by atoms with Crippen LogP contribution in [0.15, 0.2) is 12.1 Å². The van der Waals surface area contributed by atoms with Gasteiger partial charge in [-0.25, -0.2) is 4.79 Å². The number of nitrogens with two attached hydrogens (primary N) is 2. The summed E-state index contributed by atoms with van der Waals surface area (Å²) in [4.78, 5) is 10.3. The Morgan fingerprint density at radius 2 is 1.94 bits per heavy atom. The van der Waals surface area contributed by atoms with Gasteiger partial charge in [0, 0.05) is 12.2 Å². The molecule has 0 aromatic heterocycles. The zero-order valence-electron chi connectivity index (χ0n) is 8.30. The van der Waals surface area contributed by atoms with Crippen LogP contribution in [0.2, 0.25) is 10.0 Å². The molecule has 0 bridgehead atoms. The number of benzene rings is 1. The van der Waals surface area contributed by atoms with Crippen molar-refractivity contribution in [2.75, 3.05) is 24.2 Å². The molecule has 0 fully saturated rings. The molecule has 0 aliphatic heterocycles. The maximum Gasteiger partial charge on any atom is 0.404 e. The number of nitrogen functional groups attached to an aromatic ring is 1. The Balaban J connectivity index is 2.57. The zero-order chi connectivity index (χ0) is 12.1. The van der Waals surface area contributed by atoms with Crippen molar-refractivity contribution in [2.24, 2.45) is 5.73 Å². The molecule has 0 heterocycles. The Morgan fingerprint density at radius 3 is 2.44 bits per heavy atom. The van der Waals surface area contributed by atoms with Gasteiger partial charge in [0.1, 0.15) is 6.61 Å². The van der Waals surface area contributed by atoms with Gasteiger partial charge < -0.3 is 21.5 Å². The highest BCUT2D eigenvalue weighted by Gasteiger charge is 2.06. The Kier molecular flexibility index (Phi) is 4.52. The quantitative estimate of drug-likeness (QED) is 0.573. The molecule has 0 aliphatic carbocycles. The third-order valence-electron chi connectivity index (χ3n) is 1.71. The second-order valence-corrected chi connectivity index (χ2v) is 3.77. The second kappa shape index (κ2) is 5.67. The number of halogens is 2. The van der Waals surface area contributed by atoms with E-state index in [1.165, 1.54) is 0 Å². The molecule has 88 valence electrons. The van der Waals surface area contributed by atoms with E-state index >= 15 is 0 Å². The summed E-state index contributed by atoms with van der Waals surface area (Å²) in [5.41, 5.74) is 11.4. The minimum absolute atomic E-state index is 0.131. The molecule has 0 aliphatic rings. The van der Waals surface area contributed by atoms with Crippen LogP contribution in [0, 0.1) is 0 Å². The number of ether oxygens (including phenoxy) is 1. The highest BCUT2D eigenvalue weighted by Crippen LogP contribution is 2.32. The minimum atomic E-state index is -0.823. The number of carbonyl (C=O) groups is 1. The Morgan fingerprint density at radius 1 is 1.38 bits per heavy atom. The summed E-state index contributed by atoms with van der Waals surface area (Å²) in [7, 11) is 0. The van der Waals surface area contributed by atoms with E-state index < -0.39 is 6.09 Å². The molecule has 16 heavy (non-hydrogen) atoms. The van der Waals surface area contributed by atoms with Crippen molar-refractivity contribution in [3.05, 3.63) is 22.2 Å². The number of anilines is 2. The largest absolute Gasteiger partial charge is 0.448 e. The van der Waals surface area contributed by atoms with Gasteiger partial charge >= 0.3 is 6.09 Å². The van der Waals surface area contributed by atoms with Gasteiger partial charge in [-0.15, -0.1) is 0 Å². The van der Waals surface area contributed by atoms with Gasteiger partial charge in [-0.3, -0.25) is 0 Å². The van der Waals surface area contributed by atoms with Crippen LogP contribution in [0.3, 0.4) is 0 Å². The van der Waals surface area contributed by atoms with E-state index in [0.717, 1.165) is 0 Å². The fourth-order valence-electron chi connectivity index (χ4n) is 1.09. The smallest absolute Gasteiger partial charge is 0.404 e. The first-order chi connectivity index (χ1) is 7.50. The summed E-state index contributed by atoms with van der Waals surface area (Å²) in [6.07, 6.45) is -0.823. The molecule has 0 saturated carbocycles. The average Bonchev–Trinajstić information content (AvgIpc) is 2.14. The topological polar surface area (TPSA) is 90.4 Å². The molecule has 0 unspecified atom stereocenters. The SMILES string of the molecule is NC(=O)OCCNc1c(Cl)cc(N)cc1Cl. The maximum absolute atomic E-state index is 10.3. The molecule has 0 radical (unpaired) electrons. The van der Waals surface area contributed by atoms with Crippen molar-refractivity contribution in [2.45, 2.75) is 0 Å². The summed E-state index contributed by atoms with van der Waals surface area (Å²) in [5, 5.41) is 3.72. The van der Waals surface area contributed by atoms with Crippen LogP contribution in [-0.2, 0) is 4.74 Å². The third kappa shape index (κ3) is 3.67. The average molecular weight is 264 g/mol. The van der Waals surface area contributed by atoms with Crippen LogP contribution >= 0.6 is 23.2 Å². The first kappa shape index (κ1) is 12.7. The molecule has 1 amide bonds. The van der Waals surface area contributed by atoms with Gasteiger partial charge in [0.05, 0.1) is 15.7 Å². The van der Waals surface area contributed by atoms with Gasteiger partial charge in [0.15, 0.2) is 0 Å². The Hall–Kier alpha value is -1.33. The molecule has 0 atom stereocenters. The number of rotatable bonds is 4. The van der Waals surface area contributed by atoms with Gasteiger partial charge in [-0.05, 0) is 12.1 Å². The van der Waals surface area contributed by atoms with Crippen molar-refractivity contribution in [3.8, 4) is 0 Å². The van der Waals surface area contributed by atoms with E-state index in [0.29, 0.717) is 28.0 Å². The highest BCUT2D eigenvalue weighted by molar-refractivity contribution is 6.39. The van der Waals surface area contributed by atoms with Crippen LogP contribution in [0.1, 0.15) is 0 Å². The summed E-state index contributed by atoms with van der Waals surface area (Å²) < 4.78 is 4.53. The van der Waals surface area contributed by atoms with Gasteiger partial charge in [0.2, 0.25) is 0 Å². The van der Waals surface area contributed by atoms with E-state index in [2.05, 4.69) is 10.1 Å². The first-order valence-corrected chi connectivity index (χ1v) is 5.17. The third-order valence-corrected chi connectivity index (χ3v) is 2.31. The minimum Gasteiger partial charge on any atom is -0.448 e. The van der Waals surface area contributed by atoms with Gasteiger partial charge in [-0.1, -0.05) is 23.2 Å². The van der Waals surface area contributed by atoms with Crippen molar-refractivity contribution in [1.29, 1.82) is 0 Å². The molecule has 7 heteroatoms. The second-order valence-electron chi connectivity index (χ2n) is 2.95. The fraction of sp³-hybridized carbons (Fsp3) is 0.222. The molecule has 1 aromatic rings. The van der Waals surface area contributed by atoms with Crippen molar-refractivity contribution in [3.63, 3.8) is 0 Å². The molecule has 1 aromatic carbocycles. The molecular formula is C9H11Cl2N3O2. The number of amides is 1. The number of carbonyl (C=O) groups excluding carboxylic acids is 1. The van der Waals surface area contributed by atoms with Crippen LogP contribution in [0.4, 0.5) is 16.2 Å². The molecular weight excluding hydrogens is 253 g/mol. The van der Waals surface area contributed by atoms with E-state index in [9.17, 15) is 4.79 Å². The summed E-state index contributed by atoms with van der Waals surface area (Å²) in [6.45, 7) is 0.485. The van der Waals surface area contributed by atoms with Crippen LogP contribution in [0.25, 0.3) is 0 Å². The predicted molar refractivity (Wildman–Crippen MR) is 64.9 cm³/mol. The Bertz CT molecular complexity index is 375. The zero-order valence-corrected chi connectivity index (χ0v) is 9.81. The predicted octanol–water partition coefficient (Wildman–Crippen LogP) is 2.08. The normalized spacial score (nSPS) is 9.88. The van der Waals surface area contributed by atoms with Crippen molar-refractivity contribution < 1.29 is 9.53 Å². The highest BCUT2D eigenvalue weighted by atomic mass is 35.5. The van der Waals surface area contributed by atoms with Gasteiger partial charge in [-0.2, -0.15) is 0 Å². The van der Waals surface area contributed by atoms with Crippen molar-refractivity contribution in [1.82, 2.24) is 0 Å². The first-order valence-electron chi connectivity index (χ1n) is 4.41. The van der Waals surface area contributed by atoms with Crippen LogP contribution in [-0.4, -0.2) is 19.2 Å². The molecule has 5 nitrogen and oxygen atoms in total. The summed E-state index contributed by atoms with van der Waals surface area (Å²) in [6, 6.07) is 3.15. The number of nitrogens with one attached hydrogen (secondary N) is 1. The summed E-state index contributed by atoms with van der Waals surface area (Å²) in [5.74, 6) is 0. The van der Waals surface area contributed by atoms with Crippen LogP contribution in [0.5, 0.6) is 0 Å². The molecule has 0 spiro atoms. The number of primary amides is 1. The van der Waals surface area contributed by atoms with Crippen LogP contribution < -0.4 is 16.8 Å². The van der Waals surface area contributed by atoms with Gasteiger partial charge in [0.25, 0.3) is 0 Å². The maximum atomic E-state index is 10.3. The lowest BCUT2D eigenvalue weighted by molar-refractivity contribution is 0.161. The standard InChI is InChI=1S/C9H11Cl2N3O2/c10-6-3-5(12)4-7(11)8(6)14-1-2-16-9(13)15/h3-4,14H,1-2,12H2,(H2,13,15). The van der Waals surface area contributed by atoms with E-state index in [-0.39, 0.29) is 6.61 Å². The molecule has 1 rings (SSSR count). The van der Waals surface area contributed by atoms with E-state index in [1.807, 2.05) is 0 Å². The Labute approximate surface area is 103 Å². The van der Waals surface area contributed by atoms with E-state index in [4.69, 9.17) is 34.7 Å². The lowest BCUT2D eigenvalue weighted by atomic mass is 10.3.